The van der Waals surface area contributed by atoms with Crippen LogP contribution in [-0.4, -0.2) is 23.4 Å². The van der Waals surface area contributed by atoms with E-state index in [-0.39, 0.29) is 5.92 Å². The fourth-order valence-electron chi connectivity index (χ4n) is 2.70. The van der Waals surface area contributed by atoms with E-state index in [1.807, 2.05) is 12.1 Å². The molecule has 1 amide bonds. The van der Waals surface area contributed by atoms with Crippen molar-refractivity contribution in [3.8, 4) is 0 Å². The van der Waals surface area contributed by atoms with E-state index in [0.717, 1.165) is 18.7 Å². The Morgan fingerprint density at radius 3 is 2.83 bits per heavy atom. The first kappa shape index (κ1) is 11.8. The molecule has 2 saturated carbocycles. The van der Waals surface area contributed by atoms with Crippen LogP contribution in [0.3, 0.4) is 0 Å². The van der Waals surface area contributed by atoms with Gasteiger partial charge in [-0.3, -0.25) is 4.79 Å². The number of furan rings is 1. The zero-order valence-electron chi connectivity index (χ0n) is 11.1. The fraction of sp³-hybridized carbons (Fsp3) is 0.667. The van der Waals surface area contributed by atoms with Crippen molar-refractivity contribution in [3.05, 3.63) is 24.2 Å². The zero-order valence-corrected chi connectivity index (χ0v) is 11.1. The normalized spacial score (nSPS) is 26.4. The van der Waals surface area contributed by atoms with Crippen LogP contribution in [0, 0.1) is 11.8 Å². The maximum Gasteiger partial charge on any atom is 0.226 e. The maximum absolute atomic E-state index is 12.5. The van der Waals surface area contributed by atoms with Crippen molar-refractivity contribution >= 4 is 5.91 Å². The minimum atomic E-state index is 0.176. The van der Waals surface area contributed by atoms with E-state index >= 15 is 0 Å². The second kappa shape index (κ2) is 4.45. The monoisotopic (exact) mass is 247 g/mol. The largest absolute Gasteiger partial charge is 0.469 e. The Labute approximate surface area is 108 Å². The lowest BCUT2D eigenvalue weighted by molar-refractivity contribution is -0.133. The first-order chi connectivity index (χ1) is 8.66. The highest BCUT2D eigenvalue weighted by Crippen LogP contribution is 2.49. The highest BCUT2D eigenvalue weighted by Gasteiger charge is 2.49. The number of nitrogens with zero attached hydrogens (tertiary/aromatic N) is 1. The molecule has 2 unspecified atom stereocenters. The number of carbonyl (C=O) groups is 1. The van der Waals surface area contributed by atoms with Gasteiger partial charge in [0.2, 0.25) is 5.91 Å². The number of hydrogen-bond acceptors (Lipinski definition) is 2. The predicted molar refractivity (Wildman–Crippen MR) is 69.1 cm³/mol. The van der Waals surface area contributed by atoms with Gasteiger partial charge in [0, 0.05) is 24.4 Å². The van der Waals surface area contributed by atoms with Crippen LogP contribution in [0.1, 0.15) is 44.8 Å². The molecule has 1 aromatic heterocycles. The van der Waals surface area contributed by atoms with Crippen LogP contribution in [0.5, 0.6) is 0 Å². The van der Waals surface area contributed by atoms with Crippen LogP contribution < -0.4 is 0 Å². The molecule has 0 bridgehead atoms. The smallest absolute Gasteiger partial charge is 0.226 e. The summed E-state index contributed by atoms with van der Waals surface area (Å²) < 4.78 is 5.40. The highest BCUT2D eigenvalue weighted by atomic mass is 16.3. The number of amides is 1. The molecule has 2 aliphatic rings. The van der Waals surface area contributed by atoms with Gasteiger partial charge in [-0.1, -0.05) is 13.8 Å². The van der Waals surface area contributed by atoms with E-state index in [9.17, 15) is 4.79 Å². The van der Waals surface area contributed by atoms with E-state index < -0.39 is 0 Å². The van der Waals surface area contributed by atoms with Gasteiger partial charge in [0.1, 0.15) is 5.76 Å². The standard InChI is InChI=1S/C15H21NO2/c1-10(2)9-16(11-5-6-11)15(17)13-8-12(13)14-4-3-7-18-14/h3-4,7,10-13H,5-6,8-9H2,1-2H3. The fourth-order valence-corrected chi connectivity index (χ4v) is 2.70. The summed E-state index contributed by atoms with van der Waals surface area (Å²) in [5.41, 5.74) is 0. The van der Waals surface area contributed by atoms with E-state index in [0.29, 0.717) is 23.8 Å². The van der Waals surface area contributed by atoms with Gasteiger partial charge >= 0.3 is 0 Å². The molecule has 1 aromatic rings. The van der Waals surface area contributed by atoms with Gasteiger partial charge in [-0.2, -0.15) is 0 Å². The molecule has 0 aromatic carbocycles. The number of rotatable bonds is 5. The molecule has 18 heavy (non-hydrogen) atoms. The quantitative estimate of drug-likeness (QED) is 0.801. The van der Waals surface area contributed by atoms with E-state index in [2.05, 4.69) is 18.7 Å². The summed E-state index contributed by atoms with van der Waals surface area (Å²) >= 11 is 0. The highest BCUT2D eigenvalue weighted by molar-refractivity contribution is 5.83. The van der Waals surface area contributed by atoms with Crippen LogP contribution in [0.15, 0.2) is 22.8 Å². The summed E-state index contributed by atoms with van der Waals surface area (Å²) in [7, 11) is 0. The van der Waals surface area contributed by atoms with Gasteiger partial charge in [0.05, 0.1) is 6.26 Å². The third-order valence-electron chi connectivity index (χ3n) is 3.85. The van der Waals surface area contributed by atoms with Crippen LogP contribution in [0.2, 0.25) is 0 Å². The zero-order chi connectivity index (χ0) is 12.7. The van der Waals surface area contributed by atoms with Crippen molar-refractivity contribution in [2.45, 2.75) is 45.1 Å². The number of hydrogen-bond donors (Lipinski definition) is 0. The van der Waals surface area contributed by atoms with Gasteiger partial charge in [0.25, 0.3) is 0 Å². The van der Waals surface area contributed by atoms with Gasteiger partial charge in [-0.25, -0.2) is 0 Å². The molecular formula is C15H21NO2. The third kappa shape index (κ3) is 2.31. The Kier molecular flexibility index (Phi) is 2.92. The Bertz CT molecular complexity index is 420. The summed E-state index contributed by atoms with van der Waals surface area (Å²) in [6.07, 6.45) is 5.04. The predicted octanol–water partition coefficient (Wildman–Crippen LogP) is 3.03. The Morgan fingerprint density at radius 1 is 1.50 bits per heavy atom. The van der Waals surface area contributed by atoms with Gasteiger partial charge in [-0.05, 0) is 37.3 Å². The SMILES string of the molecule is CC(C)CN(C(=O)C1CC1c1ccco1)C1CC1. The Balaban J connectivity index is 1.63. The molecule has 2 fully saturated rings. The molecule has 1 heterocycles. The van der Waals surface area contributed by atoms with Crippen molar-refractivity contribution in [1.29, 1.82) is 0 Å². The summed E-state index contributed by atoms with van der Waals surface area (Å²) in [4.78, 5) is 14.6. The third-order valence-corrected chi connectivity index (χ3v) is 3.85. The molecule has 3 heteroatoms. The second-order valence-electron chi connectivity index (χ2n) is 6.08. The summed E-state index contributed by atoms with van der Waals surface area (Å²) in [5, 5.41) is 0. The topological polar surface area (TPSA) is 33.5 Å². The van der Waals surface area contributed by atoms with E-state index in [4.69, 9.17) is 4.42 Å². The first-order valence-electron chi connectivity index (χ1n) is 7.00. The molecule has 0 aliphatic heterocycles. The second-order valence-corrected chi connectivity index (χ2v) is 6.08. The van der Waals surface area contributed by atoms with Crippen molar-refractivity contribution in [2.75, 3.05) is 6.54 Å². The van der Waals surface area contributed by atoms with Crippen LogP contribution in [-0.2, 0) is 4.79 Å². The summed E-state index contributed by atoms with van der Waals surface area (Å²) in [6.45, 7) is 5.27. The lowest BCUT2D eigenvalue weighted by Crippen LogP contribution is -2.37. The average Bonchev–Trinajstić information content (AvgIpc) is 3.25. The van der Waals surface area contributed by atoms with Gasteiger partial charge in [0.15, 0.2) is 0 Å². The Hall–Kier alpha value is -1.25. The van der Waals surface area contributed by atoms with Crippen LogP contribution >= 0.6 is 0 Å². The summed E-state index contributed by atoms with van der Waals surface area (Å²) in [6, 6.07) is 4.42. The van der Waals surface area contributed by atoms with Gasteiger partial charge in [-0.15, -0.1) is 0 Å². The average molecular weight is 247 g/mol. The molecule has 3 nitrogen and oxygen atoms in total. The van der Waals surface area contributed by atoms with Crippen molar-refractivity contribution in [1.82, 2.24) is 4.90 Å². The Morgan fingerprint density at radius 2 is 2.28 bits per heavy atom. The molecule has 0 saturated heterocycles. The summed E-state index contributed by atoms with van der Waals surface area (Å²) in [5.74, 6) is 2.40. The van der Waals surface area contributed by atoms with Crippen molar-refractivity contribution < 1.29 is 9.21 Å². The minimum Gasteiger partial charge on any atom is -0.469 e. The number of carbonyl (C=O) groups excluding carboxylic acids is 1. The van der Waals surface area contributed by atoms with Gasteiger partial charge < -0.3 is 9.32 Å². The lowest BCUT2D eigenvalue weighted by atomic mass is 10.1. The van der Waals surface area contributed by atoms with E-state index in [1.165, 1.54) is 12.8 Å². The maximum atomic E-state index is 12.5. The lowest BCUT2D eigenvalue weighted by Gasteiger charge is -2.24. The molecule has 3 rings (SSSR count). The molecular weight excluding hydrogens is 226 g/mol. The van der Waals surface area contributed by atoms with Crippen molar-refractivity contribution in [3.63, 3.8) is 0 Å². The molecule has 0 radical (unpaired) electrons. The molecule has 2 atom stereocenters. The molecule has 0 N–H and O–H groups in total. The van der Waals surface area contributed by atoms with Crippen molar-refractivity contribution in [2.24, 2.45) is 11.8 Å². The van der Waals surface area contributed by atoms with Crippen LogP contribution in [0.25, 0.3) is 0 Å². The van der Waals surface area contributed by atoms with E-state index in [1.54, 1.807) is 6.26 Å². The van der Waals surface area contributed by atoms with Crippen LogP contribution in [0.4, 0.5) is 0 Å². The minimum absolute atomic E-state index is 0.176. The molecule has 2 aliphatic carbocycles. The molecule has 0 spiro atoms. The first-order valence-corrected chi connectivity index (χ1v) is 7.00. The molecule has 98 valence electrons.